The second kappa shape index (κ2) is 5.29. The van der Waals surface area contributed by atoms with E-state index >= 15 is 0 Å². The van der Waals surface area contributed by atoms with E-state index in [2.05, 4.69) is 9.97 Å². The molecule has 94 valence electrons. The first-order valence-electron chi connectivity index (χ1n) is 4.95. The Kier molecular flexibility index (Phi) is 3.54. The Morgan fingerprint density at radius 3 is 2.89 bits per heavy atom. The Bertz CT molecular complexity index is 684. The van der Waals surface area contributed by atoms with Gasteiger partial charge in [-0.05, 0) is 18.2 Å². The summed E-state index contributed by atoms with van der Waals surface area (Å²) in [6, 6.07) is 6.99. The number of nitro benzene ring substituents is 1. The lowest BCUT2D eigenvalue weighted by Gasteiger charge is -2.04. The SMILES string of the molecule is N#Cc1ccnc(Oc2ccc(Cl)cc2[N+](=O)[O-])n1. The number of nitro groups is 1. The maximum Gasteiger partial charge on any atom is 0.323 e. The molecule has 0 saturated heterocycles. The highest BCUT2D eigenvalue weighted by molar-refractivity contribution is 6.30. The van der Waals surface area contributed by atoms with E-state index in [0.717, 1.165) is 6.07 Å². The minimum absolute atomic E-state index is 0.0514. The molecule has 8 heteroatoms. The summed E-state index contributed by atoms with van der Waals surface area (Å²) in [5, 5.41) is 19.8. The van der Waals surface area contributed by atoms with Crippen molar-refractivity contribution in [3.05, 3.63) is 51.3 Å². The van der Waals surface area contributed by atoms with Gasteiger partial charge in [-0.1, -0.05) is 11.6 Å². The molecule has 1 aromatic carbocycles. The van der Waals surface area contributed by atoms with Gasteiger partial charge in [-0.3, -0.25) is 10.1 Å². The maximum atomic E-state index is 10.9. The minimum Gasteiger partial charge on any atom is -0.417 e. The predicted molar refractivity (Wildman–Crippen MR) is 64.9 cm³/mol. The Hall–Kier alpha value is -2.72. The fraction of sp³-hybridized carbons (Fsp3) is 0. The monoisotopic (exact) mass is 276 g/mol. The highest BCUT2D eigenvalue weighted by Gasteiger charge is 2.17. The molecule has 2 rings (SSSR count). The summed E-state index contributed by atoms with van der Waals surface area (Å²) < 4.78 is 5.19. The van der Waals surface area contributed by atoms with Crippen LogP contribution in [-0.4, -0.2) is 14.9 Å². The van der Waals surface area contributed by atoms with Crippen molar-refractivity contribution < 1.29 is 9.66 Å². The zero-order valence-electron chi connectivity index (χ0n) is 9.28. The zero-order valence-corrected chi connectivity index (χ0v) is 10.0. The fourth-order valence-corrected chi connectivity index (χ4v) is 1.44. The Morgan fingerprint density at radius 1 is 1.42 bits per heavy atom. The van der Waals surface area contributed by atoms with E-state index in [1.54, 1.807) is 0 Å². The highest BCUT2D eigenvalue weighted by atomic mass is 35.5. The van der Waals surface area contributed by atoms with Crippen molar-refractivity contribution in [1.29, 1.82) is 5.26 Å². The number of halogens is 1. The molecule has 0 saturated carbocycles. The summed E-state index contributed by atoms with van der Waals surface area (Å²) in [7, 11) is 0. The van der Waals surface area contributed by atoms with Crippen LogP contribution in [0.4, 0.5) is 5.69 Å². The van der Waals surface area contributed by atoms with Crippen LogP contribution in [0.15, 0.2) is 30.5 Å². The molecular formula is C11H5ClN4O3. The quantitative estimate of drug-likeness (QED) is 0.631. The summed E-state index contributed by atoms with van der Waals surface area (Å²) in [5.41, 5.74) is -0.208. The van der Waals surface area contributed by atoms with Crippen molar-refractivity contribution in [2.24, 2.45) is 0 Å². The van der Waals surface area contributed by atoms with Crippen LogP contribution in [0.5, 0.6) is 11.8 Å². The van der Waals surface area contributed by atoms with Crippen molar-refractivity contribution in [1.82, 2.24) is 9.97 Å². The summed E-state index contributed by atoms with van der Waals surface area (Å²) in [6.45, 7) is 0. The van der Waals surface area contributed by atoms with Gasteiger partial charge in [0, 0.05) is 17.3 Å². The Labute approximate surface area is 112 Å². The topological polar surface area (TPSA) is 102 Å². The molecule has 2 aromatic rings. The van der Waals surface area contributed by atoms with Gasteiger partial charge in [0.1, 0.15) is 11.8 Å². The fourth-order valence-electron chi connectivity index (χ4n) is 1.27. The van der Waals surface area contributed by atoms with Gasteiger partial charge in [-0.15, -0.1) is 0 Å². The first-order valence-corrected chi connectivity index (χ1v) is 5.33. The summed E-state index contributed by atoms with van der Waals surface area (Å²) in [5.74, 6) is -0.0514. The number of nitrogens with zero attached hydrogens (tertiary/aromatic N) is 4. The molecular weight excluding hydrogens is 272 g/mol. The first kappa shape index (κ1) is 12.7. The molecule has 0 aliphatic heterocycles. The van der Waals surface area contributed by atoms with E-state index in [1.165, 1.54) is 24.4 Å². The number of benzene rings is 1. The van der Waals surface area contributed by atoms with E-state index < -0.39 is 4.92 Å². The molecule has 0 spiro atoms. The second-order valence-electron chi connectivity index (χ2n) is 3.31. The molecule has 19 heavy (non-hydrogen) atoms. The van der Waals surface area contributed by atoms with Gasteiger partial charge >= 0.3 is 11.7 Å². The number of hydrogen-bond acceptors (Lipinski definition) is 6. The molecule has 0 bridgehead atoms. The molecule has 1 aromatic heterocycles. The van der Waals surface area contributed by atoms with Crippen LogP contribution in [0.25, 0.3) is 0 Å². The number of nitriles is 1. The van der Waals surface area contributed by atoms with Crippen LogP contribution in [0.1, 0.15) is 5.69 Å². The molecule has 7 nitrogen and oxygen atoms in total. The van der Waals surface area contributed by atoms with Crippen LogP contribution in [0.2, 0.25) is 5.02 Å². The molecule has 0 radical (unpaired) electrons. The molecule has 0 unspecified atom stereocenters. The standard InChI is InChI=1S/C11H5ClN4O3/c12-7-1-2-10(9(5-7)16(17)18)19-11-14-4-3-8(6-13)15-11/h1-5H. The number of aromatic nitrogens is 2. The van der Waals surface area contributed by atoms with E-state index in [9.17, 15) is 10.1 Å². The number of rotatable bonds is 3. The predicted octanol–water partition coefficient (Wildman–Crippen LogP) is 2.70. The van der Waals surface area contributed by atoms with Crippen LogP contribution in [-0.2, 0) is 0 Å². The summed E-state index contributed by atoms with van der Waals surface area (Å²) in [6.07, 6.45) is 1.32. The van der Waals surface area contributed by atoms with Crippen molar-refractivity contribution in [2.75, 3.05) is 0 Å². The molecule has 0 amide bonds. The lowest BCUT2D eigenvalue weighted by Crippen LogP contribution is -1.97. The van der Waals surface area contributed by atoms with Crippen LogP contribution in [0.3, 0.4) is 0 Å². The van der Waals surface area contributed by atoms with Gasteiger partial charge in [-0.25, -0.2) is 4.98 Å². The van der Waals surface area contributed by atoms with Crippen molar-refractivity contribution in [2.45, 2.75) is 0 Å². The first-order chi connectivity index (χ1) is 9.10. The van der Waals surface area contributed by atoms with Crippen molar-refractivity contribution in [3.63, 3.8) is 0 Å². The molecule has 1 heterocycles. The van der Waals surface area contributed by atoms with Gasteiger partial charge in [-0.2, -0.15) is 10.2 Å². The van der Waals surface area contributed by atoms with Gasteiger partial charge in [0.25, 0.3) is 0 Å². The molecule has 0 aliphatic carbocycles. The largest absolute Gasteiger partial charge is 0.417 e. The lowest BCUT2D eigenvalue weighted by molar-refractivity contribution is -0.385. The van der Waals surface area contributed by atoms with E-state index in [-0.39, 0.29) is 28.2 Å². The summed E-state index contributed by atoms with van der Waals surface area (Å²) >= 11 is 5.68. The summed E-state index contributed by atoms with van der Waals surface area (Å²) in [4.78, 5) is 17.8. The van der Waals surface area contributed by atoms with Crippen LogP contribution < -0.4 is 4.74 Å². The van der Waals surface area contributed by atoms with Crippen LogP contribution in [0, 0.1) is 21.4 Å². The molecule has 0 N–H and O–H groups in total. The maximum absolute atomic E-state index is 10.9. The highest BCUT2D eigenvalue weighted by Crippen LogP contribution is 2.32. The Balaban J connectivity index is 2.38. The van der Waals surface area contributed by atoms with Gasteiger partial charge in [0.05, 0.1) is 4.92 Å². The third-order valence-electron chi connectivity index (χ3n) is 2.07. The van der Waals surface area contributed by atoms with Crippen LogP contribution >= 0.6 is 11.6 Å². The van der Waals surface area contributed by atoms with Crippen molar-refractivity contribution >= 4 is 17.3 Å². The molecule has 0 atom stereocenters. The third-order valence-corrected chi connectivity index (χ3v) is 2.30. The molecule has 0 fully saturated rings. The van der Waals surface area contributed by atoms with E-state index in [1.807, 2.05) is 6.07 Å². The van der Waals surface area contributed by atoms with Gasteiger partial charge < -0.3 is 4.74 Å². The minimum atomic E-state index is -0.630. The van der Waals surface area contributed by atoms with Gasteiger partial charge in [0.2, 0.25) is 5.75 Å². The Morgan fingerprint density at radius 2 is 2.21 bits per heavy atom. The lowest BCUT2D eigenvalue weighted by atomic mass is 10.3. The molecule has 0 aliphatic rings. The van der Waals surface area contributed by atoms with E-state index in [0.29, 0.717) is 0 Å². The smallest absolute Gasteiger partial charge is 0.323 e. The van der Waals surface area contributed by atoms with Crippen molar-refractivity contribution in [3.8, 4) is 17.8 Å². The average Bonchev–Trinajstić information content (AvgIpc) is 2.41. The van der Waals surface area contributed by atoms with Gasteiger partial charge in [0.15, 0.2) is 0 Å². The average molecular weight is 277 g/mol. The normalized spacial score (nSPS) is 9.68. The second-order valence-corrected chi connectivity index (χ2v) is 3.74. The zero-order chi connectivity index (χ0) is 13.8. The number of hydrogen-bond donors (Lipinski definition) is 0. The van der Waals surface area contributed by atoms with E-state index in [4.69, 9.17) is 21.6 Å². The third kappa shape index (κ3) is 2.94. The number of ether oxygens (including phenoxy) is 1.